The lowest BCUT2D eigenvalue weighted by Gasteiger charge is -2.26. The Labute approximate surface area is 112 Å². The Bertz CT molecular complexity index is 423. The lowest BCUT2D eigenvalue weighted by atomic mass is 9.79. The van der Waals surface area contributed by atoms with E-state index in [1.807, 2.05) is 0 Å². The predicted molar refractivity (Wildman–Crippen MR) is 82.6 cm³/mol. The van der Waals surface area contributed by atoms with Gasteiger partial charge in [0.1, 0.15) is 0 Å². The molecule has 1 aliphatic carbocycles. The Morgan fingerprint density at radius 1 is 1.28 bits per heavy atom. The van der Waals surface area contributed by atoms with E-state index < -0.39 is 0 Å². The highest BCUT2D eigenvalue weighted by molar-refractivity contribution is 5.52. The smallest absolute Gasteiger partial charge is 0.0185 e. The van der Waals surface area contributed by atoms with Gasteiger partial charge in [-0.05, 0) is 62.7 Å². The molecule has 0 aromatic rings. The molecule has 1 rings (SSSR count). The molecule has 0 radical (unpaired) electrons. The lowest BCUT2D eigenvalue weighted by Crippen LogP contribution is -2.10. The van der Waals surface area contributed by atoms with Crippen molar-refractivity contribution >= 4 is 0 Å². The van der Waals surface area contributed by atoms with Crippen LogP contribution in [0, 0.1) is 5.92 Å². The number of hydrogen-bond donors (Lipinski definition) is 0. The van der Waals surface area contributed by atoms with Crippen molar-refractivity contribution in [1.29, 1.82) is 0 Å². The highest BCUT2D eigenvalue weighted by atomic mass is 14.2. The standard InChI is InChI=1S/C18H26/c1-13(2)9-7-10-14(3)17(6)18-15(4)11-8-12-16(18)5/h7,9-10,15H,3,6,8,11-12H2,1-2,4-5H3/b10-7-. The quantitative estimate of drug-likeness (QED) is 0.550. The van der Waals surface area contributed by atoms with E-state index >= 15 is 0 Å². The van der Waals surface area contributed by atoms with Crippen LogP contribution in [-0.2, 0) is 0 Å². The topological polar surface area (TPSA) is 0 Å². The SMILES string of the molecule is C=C(/C=C\C=C(C)C)C(=C)C1=C(C)CCCC1C. The second-order valence-electron chi connectivity index (χ2n) is 5.59. The van der Waals surface area contributed by atoms with Crippen LogP contribution in [0.1, 0.15) is 47.0 Å². The van der Waals surface area contributed by atoms with Gasteiger partial charge in [0.05, 0.1) is 0 Å². The van der Waals surface area contributed by atoms with Crippen molar-refractivity contribution in [3.8, 4) is 0 Å². The summed E-state index contributed by atoms with van der Waals surface area (Å²) in [4.78, 5) is 0. The first kappa shape index (κ1) is 14.8. The van der Waals surface area contributed by atoms with Crippen LogP contribution < -0.4 is 0 Å². The van der Waals surface area contributed by atoms with E-state index in [9.17, 15) is 0 Å². The van der Waals surface area contributed by atoms with Gasteiger partial charge in [0, 0.05) is 0 Å². The summed E-state index contributed by atoms with van der Waals surface area (Å²) in [6.07, 6.45) is 10.0. The molecule has 1 aliphatic rings. The van der Waals surface area contributed by atoms with Gasteiger partial charge in [-0.1, -0.05) is 49.5 Å². The molecule has 0 amide bonds. The van der Waals surface area contributed by atoms with Gasteiger partial charge in [-0.3, -0.25) is 0 Å². The first-order valence-corrected chi connectivity index (χ1v) is 6.83. The normalized spacial score (nSPS) is 20.1. The highest BCUT2D eigenvalue weighted by Crippen LogP contribution is 2.36. The molecular weight excluding hydrogens is 216 g/mol. The minimum atomic E-state index is 0.625. The second-order valence-corrected chi connectivity index (χ2v) is 5.59. The minimum Gasteiger partial charge on any atom is -0.0912 e. The Morgan fingerprint density at radius 2 is 1.94 bits per heavy atom. The van der Waals surface area contributed by atoms with Crippen molar-refractivity contribution in [3.63, 3.8) is 0 Å². The van der Waals surface area contributed by atoms with E-state index in [4.69, 9.17) is 0 Å². The van der Waals surface area contributed by atoms with Gasteiger partial charge in [-0.15, -0.1) is 0 Å². The molecule has 1 unspecified atom stereocenters. The molecule has 0 saturated heterocycles. The van der Waals surface area contributed by atoms with Gasteiger partial charge < -0.3 is 0 Å². The van der Waals surface area contributed by atoms with Gasteiger partial charge in [-0.25, -0.2) is 0 Å². The molecule has 0 fully saturated rings. The maximum absolute atomic E-state index is 4.25. The molecule has 0 saturated carbocycles. The molecule has 98 valence electrons. The average molecular weight is 242 g/mol. The molecule has 0 aliphatic heterocycles. The molecule has 0 heteroatoms. The summed E-state index contributed by atoms with van der Waals surface area (Å²) < 4.78 is 0. The fraction of sp³-hybridized carbons (Fsp3) is 0.444. The Kier molecular flexibility index (Phi) is 5.40. The molecule has 0 heterocycles. The summed E-state index contributed by atoms with van der Waals surface area (Å²) in [6.45, 7) is 17.1. The van der Waals surface area contributed by atoms with Crippen molar-refractivity contribution in [1.82, 2.24) is 0 Å². The maximum Gasteiger partial charge on any atom is -0.0185 e. The fourth-order valence-corrected chi connectivity index (χ4v) is 2.56. The molecule has 0 bridgehead atoms. The van der Waals surface area contributed by atoms with Gasteiger partial charge in [0.15, 0.2) is 0 Å². The zero-order valence-corrected chi connectivity index (χ0v) is 12.3. The van der Waals surface area contributed by atoms with Gasteiger partial charge >= 0.3 is 0 Å². The Balaban J connectivity index is 2.84. The molecule has 0 spiro atoms. The van der Waals surface area contributed by atoms with Crippen molar-refractivity contribution in [3.05, 3.63) is 59.3 Å². The van der Waals surface area contributed by atoms with Gasteiger partial charge in [0.25, 0.3) is 0 Å². The van der Waals surface area contributed by atoms with Crippen LogP contribution in [0.2, 0.25) is 0 Å². The zero-order valence-electron chi connectivity index (χ0n) is 12.3. The van der Waals surface area contributed by atoms with E-state index in [1.165, 1.54) is 36.0 Å². The molecule has 0 N–H and O–H groups in total. The molecule has 18 heavy (non-hydrogen) atoms. The van der Waals surface area contributed by atoms with Crippen molar-refractivity contribution < 1.29 is 0 Å². The number of allylic oxidation sites excluding steroid dienone is 8. The van der Waals surface area contributed by atoms with E-state index in [1.54, 1.807) is 0 Å². The van der Waals surface area contributed by atoms with Crippen LogP contribution in [0.15, 0.2) is 59.3 Å². The summed E-state index contributed by atoms with van der Waals surface area (Å²) in [5.41, 5.74) is 6.39. The third-order valence-electron chi connectivity index (χ3n) is 3.58. The predicted octanol–water partition coefficient (Wildman–Crippen LogP) is 5.76. The fourth-order valence-electron chi connectivity index (χ4n) is 2.56. The summed E-state index contributed by atoms with van der Waals surface area (Å²) in [5, 5.41) is 0. The van der Waals surface area contributed by atoms with Crippen LogP contribution in [-0.4, -0.2) is 0 Å². The van der Waals surface area contributed by atoms with E-state index in [0.29, 0.717) is 5.92 Å². The molecule has 1 atom stereocenters. The Morgan fingerprint density at radius 3 is 2.50 bits per heavy atom. The zero-order chi connectivity index (χ0) is 13.7. The first-order chi connectivity index (χ1) is 8.43. The first-order valence-electron chi connectivity index (χ1n) is 6.83. The average Bonchev–Trinajstić information content (AvgIpc) is 2.27. The van der Waals surface area contributed by atoms with Crippen LogP contribution in [0.25, 0.3) is 0 Å². The lowest BCUT2D eigenvalue weighted by molar-refractivity contribution is 0.542. The van der Waals surface area contributed by atoms with Crippen molar-refractivity contribution in [2.45, 2.75) is 47.0 Å². The van der Waals surface area contributed by atoms with Crippen LogP contribution in [0.3, 0.4) is 0 Å². The van der Waals surface area contributed by atoms with Crippen molar-refractivity contribution in [2.24, 2.45) is 5.92 Å². The highest BCUT2D eigenvalue weighted by Gasteiger charge is 2.19. The van der Waals surface area contributed by atoms with E-state index in [-0.39, 0.29) is 0 Å². The molecule has 0 aromatic heterocycles. The van der Waals surface area contributed by atoms with E-state index in [0.717, 1.165) is 11.1 Å². The van der Waals surface area contributed by atoms with Crippen molar-refractivity contribution in [2.75, 3.05) is 0 Å². The summed E-state index contributed by atoms with van der Waals surface area (Å²) in [5.74, 6) is 0.625. The monoisotopic (exact) mass is 242 g/mol. The third kappa shape index (κ3) is 3.87. The third-order valence-corrected chi connectivity index (χ3v) is 3.58. The van der Waals surface area contributed by atoms with Crippen LogP contribution in [0.5, 0.6) is 0 Å². The van der Waals surface area contributed by atoms with E-state index in [2.05, 4.69) is 59.1 Å². The summed E-state index contributed by atoms with van der Waals surface area (Å²) in [7, 11) is 0. The summed E-state index contributed by atoms with van der Waals surface area (Å²) >= 11 is 0. The maximum atomic E-state index is 4.25. The van der Waals surface area contributed by atoms with Gasteiger partial charge in [-0.2, -0.15) is 0 Å². The summed E-state index contributed by atoms with van der Waals surface area (Å²) in [6, 6.07) is 0. The largest absolute Gasteiger partial charge is 0.0912 e. The van der Waals surface area contributed by atoms with Gasteiger partial charge in [0.2, 0.25) is 0 Å². The minimum absolute atomic E-state index is 0.625. The number of hydrogen-bond acceptors (Lipinski definition) is 0. The van der Waals surface area contributed by atoms with Crippen LogP contribution in [0.4, 0.5) is 0 Å². The molecular formula is C18H26. The van der Waals surface area contributed by atoms with Crippen LogP contribution >= 0.6 is 0 Å². The molecule has 0 nitrogen and oxygen atoms in total. The second kappa shape index (κ2) is 6.58. The molecule has 0 aromatic carbocycles. The number of rotatable bonds is 4. The Hall–Kier alpha value is -1.30.